The minimum atomic E-state index is -1.69. The predicted molar refractivity (Wildman–Crippen MR) is 102 cm³/mol. The van der Waals surface area contributed by atoms with Crippen LogP contribution in [-0.2, 0) is 20.8 Å². The minimum absolute atomic E-state index is 0.00539. The van der Waals surface area contributed by atoms with Crippen LogP contribution in [0.1, 0.15) is 17.2 Å². The second-order valence-electron chi connectivity index (χ2n) is 7.82. The minimum Gasteiger partial charge on any atom is -0.544 e. The van der Waals surface area contributed by atoms with Crippen LogP contribution >= 0.6 is 0 Å². The first-order chi connectivity index (χ1) is 14.3. The number of carboxylic acid groups (broad SMARTS) is 1. The summed E-state index contributed by atoms with van der Waals surface area (Å²) in [4.78, 5) is 39.5. The number of phenolic OH excluding ortho intramolecular Hbond substituents is 1. The Labute approximate surface area is 173 Å². The van der Waals surface area contributed by atoms with E-state index in [0.717, 1.165) is 4.90 Å². The third-order valence-electron chi connectivity index (χ3n) is 6.32. The van der Waals surface area contributed by atoms with Gasteiger partial charge in [-0.2, -0.15) is 0 Å². The third kappa shape index (κ3) is 2.75. The molecule has 3 N–H and O–H groups in total. The van der Waals surface area contributed by atoms with Crippen molar-refractivity contribution in [2.75, 3.05) is 14.2 Å². The van der Waals surface area contributed by atoms with E-state index >= 15 is 0 Å². The summed E-state index contributed by atoms with van der Waals surface area (Å²) in [5, 5.41) is 24.7. The van der Waals surface area contributed by atoms with Crippen molar-refractivity contribution in [2.45, 2.75) is 18.0 Å². The van der Waals surface area contributed by atoms with Gasteiger partial charge in [-0.3, -0.25) is 14.5 Å². The number of aliphatic carboxylic acids is 1. The van der Waals surface area contributed by atoms with Crippen LogP contribution in [0.4, 0.5) is 0 Å². The van der Waals surface area contributed by atoms with Crippen LogP contribution in [0.25, 0.3) is 0 Å². The zero-order valence-electron chi connectivity index (χ0n) is 16.6. The Morgan fingerprint density at radius 1 is 1.17 bits per heavy atom. The average molecular weight is 410 g/mol. The van der Waals surface area contributed by atoms with Crippen LogP contribution in [0.15, 0.2) is 48.5 Å². The average Bonchev–Trinajstić information content (AvgIpc) is 3.19. The molecule has 2 aromatic carbocycles. The lowest BCUT2D eigenvalue weighted by molar-refractivity contribution is -0.738. The SMILES string of the molecule is COc1cccc([C@H]2[NH2+][C@@](Cc3ccccc3)(C(=O)[O-])[C@@H]3C(=O)N(C)C(=O)[C@@H]23)c1O. The van der Waals surface area contributed by atoms with E-state index < -0.39 is 41.2 Å². The number of rotatable bonds is 5. The first kappa shape index (κ1) is 19.9. The highest BCUT2D eigenvalue weighted by molar-refractivity contribution is 6.08. The number of quaternary nitrogens is 1. The maximum absolute atomic E-state index is 13.0. The fourth-order valence-electron chi connectivity index (χ4n) is 4.89. The number of likely N-dealkylation sites (tertiary alicyclic amines) is 1. The molecule has 2 aliphatic heterocycles. The van der Waals surface area contributed by atoms with Crippen molar-refractivity contribution in [3.8, 4) is 11.5 Å². The van der Waals surface area contributed by atoms with E-state index in [1.807, 2.05) is 6.07 Å². The summed E-state index contributed by atoms with van der Waals surface area (Å²) in [7, 11) is 2.76. The molecule has 2 aromatic rings. The van der Waals surface area contributed by atoms with E-state index in [9.17, 15) is 24.6 Å². The number of aromatic hydroxyl groups is 1. The number of hydrogen-bond acceptors (Lipinski definition) is 6. The molecular weight excluding hydrogens is 388 g/mol. The summed E-state index contributed by atoms with van der Waals surface area (Å²) >= 11 is 0. The number of hydrogen-bond donors (Lipinski definition) is 2. The fraction of sp³-hybridized carbons (Fsp3) is 0.318. The molecule has 8 heteroatoms. The monoisotopic (exact) mass is 410 g/mol. The summed E-state index contributed by atoms with van der Waals surface area (Å²) in [6.45, 7) is 0. The van der Waals surface area contributed by atoms with Crippen LogP contribution < -0.4 is 15.2 Å². The Hall–Kier alpha value is -3.39. The first-order valence-corrected chi connectivity index (χ1v) is 9.60. The maximum Gasteiger partial charge on any atom is 0.239 e. The van der Waals surface area contributed by atoms with E-state index in [1.54, 1.807) is 42.5 Å². The molecule has 0 aliphatic carbocycles. The number of fused-ring (bicyclic) bond motifs is 1. The second-order valence-corrected chi connectivity index (χ2v) is 7.82. The summed E-state index contributed by atoms with van der Waals surface area (Å²) in [6, 6.07) is 13.0. The van der Waals surface area contributed by atoms with Crippen molar-refractivity contribution >= 4 is 17.8 Å². The van der Waals surface area contributed by atoms with E-state index in [0.29, 0.717) is 11.1 Å². The molecule has 2 saturated heterocycles. The van der Waals surface area contributed by atoms with Crippen molar-refractivity contribution in [3.05, 3.63) is 59.7 Å². The molecule has 2 amide bonds. The molecule has 8 nitrogen and oxygen atoms in total. The van der Waals surface area contributed by atoms with Crippen molar-refractivity contribution in [1.82, 2.24) is 4.90 Å². The van der Waals surface area contributed by atoms with Gasteiger partial charge in [0.15, 0.2) is 17.0 Å². The van der Waals surface area contributed by atoms with Gasteiger partial charge in [0.05, 0.1) is 12.7 Å². The van der Waals surface area contributed by atoms with Crippen LogP contribution in [0, 0.1) is 11.8 Å². The number of para-hydroxylation sites is 1. The lowest BCUT2D eigenvalue weighted by atomic mass is 9.76. The number of methoxy groups -OCH3 is 1. The highest BCUT2D eigenvalue weighted by Gasteiger charge is 2.69. The van der Waals surface area contributed by atoms with Gasteiger partial charge in [-0.15, -0.1) is 0 Å². The van der Waals surface area contributed by atoms with Crippen molar-refractivity contribution in [2.24, 2.45) is 11.8 Å². The van der Waals surface area contributed by atoms with E-state index in [1.165, 1.54) is 19.5 Å². The first-order valence-electron chi connectivity index (χ1n) is 9.60. The molecule has 4 atom stereocenters. The highest BCUT2D eigenvalue weighted by atomic mass is 16.5. The van der Waals surface area contributed by atoms with Gasteiger partial charge in [-0.05, 0) is 17.7 Å². The lowest BCUT2D eigenvalue weighted by Gasteiger charge is -2.32. The lowest BCUT2D eigenvalue weighted by Crippen LogP contribution is -2.99. The number of nitrogens with zero attached hydrogens (tertiary/aromatic N) is 1. The van der Waals surface area contributed by atoms with Gasteiger partial charge >= 0.3 is 0 Å². The van der Waals surface area contributed by atoms with Gasteiger partial charge < -0.3 is 25.1 Å². The van der Waals surface area contributed by atoms with Crippen molar-refractivity contribution in [1.29, 1.82) is 0 Å². The Kier molecular flexibility index (Phi) is 4.74. The zero-order valence-corrected chi connectivity index (χ0v) is 16.6. The molecule has 30 heavy (non-hydrogen) atoms. The Balaban J connectivity index is 1.88. The summed E-state index contributed by atoms with van der Waals surface area (Å²) in [6.07, 6.45) is 0.00539. The number of imide groups is 1. The third-order valence-corrected chi connectivity index (χ3v) is 6.32. The van der Waals surface area contributed by atoms with Crippen molar-refractivity contribution < 1.29 is 34.7 Å². The summed E-state index contributed by atoms with van der Waals surface area (Å²) in [5.41, 5.74) is -0.636. The van der Waals surface area contributed by atoms with Gasteiger partial charge in [0.25, 0.3) is 0 Å². The number of carbonyl (C=O) groups is 3. The molecule has 4 rings (SSSR count). The largest absolute Gasteiger partial charge is 0.544 e. The molecule has 0 saturated carbocycles. The molecule has 0 unspecified atom stereocenters. The van der Waals surface area contributed by atoms with Crippen molar-refractivity contribution in [3.63, 3.8) is 0 Å². The number of ether oxygens (including phenoxy) is 1. The standard InChI is InChI=1S/C22H22N2O6/c1-24-19(26)15-16(20(24)27)22(21(28)29,11-12-7-4-3-5-8-12)23-17(15)13-9-6-10-14(30-2)18(13)25/h3-10,15-17,23,25H,11H2,1-2H3,(H,28,29)/t15-,16+,17-,22-/m1/s1. The normalized spacial score (nSPS) is 27.9. The number of benzene rings is 2. The molecule has 0 aromatic heterocycles. The van der Waals surface area contributed by atoms with Crippen LogP contribution in [0.5, 0.6) is 11.5 Å². The van der Waals surface area contributed by atoms with Gasteiger partial charge in [0, 0.05) is 13.5 Å². The van der Waals surface area contributed by atoms with E-state index in [-0.39, 0.29) is 17.9 Å². The molecule has 2 aliphatic rings. The summed E-state index contributed by atoms with van der Waals surface area (Å²) < 4.78 is 5.17. The van der Waals surface area contributed by atoms with Gasteiger partial charge in [0.2, 0.25) is 11.8 Å². The molecule has 0 radical (unpaired) electrons. The molecule has 156 valence electrons. The van der Waals surface area contributed by atoms with E-state index in [2.05, 4.69) is 0 Å². The molecule has 2 heterocycles. The second kappa shape index (κ2) is 7.14. The number of nitrogens with two attached hydrogens (primary N) is 1. The number of carbonyl (C=O) groups excluding carboxylic acids is 3. The molecule has 0 spiro atoms. The van der Waals surface area contributed by atoms with Gasteiger partial charge in [-0.1, -0.05) is 36.4 Å². The number of amides is 2. The van der Waals surface area contributed by atoms with Crippen LogP contribution in [-0.4, -0.2) is 47.5 Å². The Morgan fingerprint density at radius 3 is 2.50 bits per heavy atom. The molecular formula is C22H22N2O6. The van der Waals surface area contributed by atoms with Crippen LogP contribution in [0.2, 0.25) is 0 Å². The molecule has 0 bridgehead atoms. The quantitative estimate of drug-likeness (QED) is 0.609. The topological polar surface area (TPSA) is 124 Å². The Morgan fingerprint density at radius 2 is 1.87 bits per heavy atom. The van der Waals surface area contributed by atoms with Gasteiger partial charge in [-0.25, -0.2) is 0 Å². The molecule has 2 fully saturated rings. The summed E-state index contributed by atoms with van der Waals surface area (Å²) in [5.74, 6) is -4.46. The van der Waals surface area contributed by atoms with Crippen LogP contribution in [0.3, 0.4) is 0 Å². The number of phenols is 1. The fourth-order valence-corrected chi connectivity index (χ4v) is 4.89. The number of carboxylic acids is 1. The Bertz CT molecular complexity index is 1020. The smallest absolute Gasteiger partial charge is 0.239 e. The van der Waals surface area contributed by atoms with E-state index in [4.69, 9.17) is 4.74 Å². The predicted octanol–water partition coefficient (Wildman–Crippen LogP) is -1.02. The van der Waals surface area contributed by atoms with Gasteiger partial charge in [0.1, 0.15) is 23.8 Å². The zero-order chi connectivity index (χ0) is 21.6. The highest BCUT2D eigenvalue weighted by Crippen LogP contribution is 2.47. The maximum atomic E-state index is 13.0.